The molecule has 0 fully saturated rings. The maximum Gasteiger partial charge on any atom is 0.271 e. The van der Waals surface area contributed by atoms with Gasteiger partial charge >= 0.3 is 0 Å². The lowest BCUT2D eigenvalue weighted by molar-refractivity contribution is -0.384. The first-order chi connectivity index (χ1) is 9.38. The second-order valence-electron chi connectivity index (χ2n) is 3.61. The number of sulfonamides is 1. The number of ether oxygens (including phenoxy) is 1. The first-order valence-corrected chi connectivity index (χ1v) is 7.37. The van der Waals surface area contributed by atoms with Crippen LogP contribution in [0.15, 0.2) is 23.1 Å². The highest BCUT2D eigenvalue weighted by Gasteiger charge is 2.20. The standard InChI is InChI=1S/C10H13ClN2O6S/c11-9-7-8(13(15)16)1-2-10(9)20(17,18)12-3-5-19-6-4-14/h1-2,7,12,14H,3-6H2. The summed E-state index contributed by atoms with van der Waals surface area (Å²) in [5, 5.41) is 18.8. The van der Waals surface area contributed by atoms with Gasteiger partial charge in [-0.15, -0.1) is 0 Å². The third-order valence-electron chi connectivity index (χ3n) is 2.19. The van der Waals surface area contributed by atoms with E-state index in [0.717, 1.165) is 18.2 Å². The molecule has 112 valence electrons. The Hall–Kier alpha value is -1.26. The molecule has 1 rings (SSSR count). The number of hydrogen-bond donors (Lipinski definition) is 2. The highest BCUT2D eigenvalue weighted by atomic mass is 35.5. The van der Waals surface area contributed by atoms with E-state index in [9.17, 15) is 18.5 Å². The Morgan fingerprint density at radius 2 is 2.10 bits per heavy atom. The van der Waals surface area contributed by atoms with Gasteiger partial charge in [-0.05, 0) is 6.07 Å². The van der Waals surface area contributed by atoms with E-state index in [0.29, 0.717) is 0 Å². The summed E-state index contributed by atoms with van der Waals surface area (Å²) in [5.74, 6) is 0. The van der Waals surface area contributed by atoms with E-state index in [1.54, 1.807) is 0 Å². The summed E-state index contributed by atoms with van der Waals surface area (Å²) in [4.78, 5) is 9.62. The highest BCUT2D eigenvalue weighted by molar-refractivity contribution is 7.89. The normalized spacial score (nSPS) is 11.5. The lowest BCUT2D eigenvalue weighted by atomic mass is 10.3. The molecular formula is C10H13ClN2O6S. The molecule has 0 aromatic heterocycles. The van der Waals surface area contributed by atoms with Crippen molar-refractivity contribution in [2.24, 2.45) is 0 Å². The quantitative estimate of drug-likeness (QED) is 0.409. The van der Waals surface area contributed by atoms with Gasteiger partial charge in [0, 0.05) is 18.7 Å². The molecule has 2 N–H and O–H groups in total. The summed E-state index contributed by atoms with van der Waals surface area (Å²) in [5.41, 5.74) is -0.291. The van der Waals surface area contributed by atoms with Gasteiger partial charge in [-0.2, -0.15) is 0 Å². The molecule has 0 atom stereocenters. The maximum absolute atomic E-state index is 11.9. The average molecular weight is 325 g/mol. The number of aliphatic hydroxyl groups is 1. The Morgan fingerprint density at radius 1 is 1.40 bits per heavy atom. The van der Waals surface area contributed by atoms with Crippen molar-refractivity contribution in [3.63, 3.8) is 0 Å². The molecule has 0 heterocycles. The van der Waals surface area contributed by atoms with Gasteiger partial charge in [0.1, 0.15) is 4.90 Å². The SMILES string of the molecule is O=[N+]([O-])c1ccc(S(=O)(=O)NCCOCCO)c(Cl)c1. The molecule has 0 bridgehead atoms. The molecular weight excluding hydrogens is 312 g/mol. The van der Waals surface area contributed by atoms with Crippen LogP contribution in [0.1, 0.15) is 0 Å². The molecule has 1 aromatic rings. The van der Waals surface area contributed by atoms with Crippen LogP contribution >= 0.6 is 11.6 Å². The van der Waals surface area contributed by atoms with E-state index >= 15 is 0 Å². The molecule has 8 nitrogen and oxygen atoms in total. The van der Waals surface area contributed by atoms with Crippen LogP contribution in [-0.4, -0.2) is 44.8 Å². The van der Waals surface area contributed by atoms with Gasteiger partial charge in [-0.1, -0.05) is 11.6 Å². The Labute approximate surface area is 120 Å². The van der Waals surface area contributed by atoms with Gasteiger partial charge in [0.15, 0.2) is 0 Å². The second kappa shape index (κ2) is 7.50. The molecule has 20 heavy (non-hydrogen) atoms. The number of non-ortho nitro benzene ring substituents is 1. The Kier molecular flexibility index (Phi) is 6.30. The van der Waals surface area contributed by atoms with Crippen molar-refractivity contribution in [3.8, 4) is 0 Å². The molecule has 0 amide bonds. The van der Waals surface area contributed by atoms with Crippen LogP contribution in [0.5, 0.6) is 0 Å². The predicted octanol–water partition coefficient (Wildman–Crippen LogP) is 0.535. The molecule has 0 spiro atoms. The van der Waals surface area contributed by atoms with Crippen molar-refractivity contribution >= 4 is 27.3 Å². The van der Waals surface area contributed by atoms with Crippen molar-refractivity contribution < 1.29 is 23.2 Å². The highest BCUT2D eigenvalue weighted by Crippen LogP contribution is 2.25. The minimum Gasteiger partial charge on any atom is -0.394 e. The monoisotopic (exact) mass is 324 g/mol. The lowest BCUT2D eigenvalue weighted by Crippen LogP contribution is -2.28. The number of benzene rings is 1. The number of nitro benzene ring substituents is 1. The van der Waals surface area contributed by atoms with E-state index in [2.05, 4.69) is 4.72 Å². The molecule has 0 saturated heterocycles. The van der Waals surface area contributed by atoms with Crippen LogP contribution in [0, 0.1) is 10.1 Å². The van der Waals surface area contributed by atoms with Crippen molar-refractivity contribution in [1.82, 2.24) is 4.72 Å². The molecule has 0 aliphatic carbocycles. The van der Waals surface area contributed by atoms with Crippen LogP contribution < -0.4 is 4.72 Å². The topological polar surface area (TPSA) is 119 Å². The number of aliphatic hydroxyl groups excluding tert-OH is 1. The number of halogens is 1. The van der Waals surface area contributed by atoms with Crippen LogP contribution in [0.4, 0.5) is 5.69 Å². The van der Waals surface area contributed by atoms with Crippen LogP contribution in [0.3, 0.4) is 0 Å². The van der Waals surface area contributed by atoms with Crippen molar-refractivity contribution in [2.75, 3.05) is 26.4 Å². The van der Waals surface area contributed by atoms with Gasteiger partial charge in [-0.3, -0.25) is 10.1 Å². The summed E-state index contributed by atoms with van der Waals surface area (Å²) in [6.45, 7) is 0.0426. The van der Waals surface area contributed by atoms with E-state index in [-0.39, 0.29) is 42.0 Å². The van der Waals surface area contributed by atoms with Crippen LogP contribution in [0.25, 0.3) is 0 Å². The maximum atomic E-state index is 11.9. The predicted molar refractivity (Wildman–Crippen MR) is 71.2 cm³/mol. The molecule has 0 unspecified atom stereocenters. The summed E-state index contributed by atoms with van der Waals surface area (Å²) in [7, 11) is -3.87. The zero-order valence-corrected chi connectivity index (χ0v) is 11.9. The van der Waals surface area contributed by atoms with E-state index in [1.807, 2.05) is 0 Å². The fourth-order valence-electron chi connectivity index (χ4n) is 1.31. The zero-order chi connectivity index (χ0) is 15.2. The first-order valence-electron chi connectivity index (χ1n) is 5.50. The van der Waals surface area contributed by atoms with E-state index in [1.165, 1.54) is 0 Å². The zero-order valence-electron chi connectivity index (χ0n) is 10.3. The molecule has 0 radical (unpaired) electrons. The minimum absolute atomic E-state index is 0.00432. The van der Waals surface area contributed by atoms with Crippen LogP contribution in [0.2, 0.25) is 5.02 Å². The molecule has 1 aromatic carbocycles. The van der Waals surface area contributed by atoms with Gasteiger partial charge in [0.2, 0.25) is 10.0 Å². The van der Waals surface area contributed by atoms with E-state index in [4.69, 9.17) is 21.4 Å². The smallest absolute Gasteiger partial charge is 0.271 e. The number of nitrogens with one attached hydrogen (secondary N) is 1. The number of nitrogens with zero attached hydrogens (tertiary/aromatic N) is 1. The Bertz CT molecular complexity index is 577. The third-order valence-corrected chi connectivity index (χ3v) is 4.13. The fourth-order valence-corrected chi connectivity index (χ4v) is 2.86. The first kappa shape index (κ1) is 16.8. The fraction of sp³-hybridized carbons (Fsp3) is 0.400. The second-order valence-corrected chi connectivity index (χ2v) is 5.75. The number of nitro groups is 1. The number of rotatable bonds is 8. The Balaban J connectivity index is 2.75. The summed E-state index contributed by atoms with van der Waals surface area (Å²) in [6.07, 6.45) is 0. The van der Waals surface area contributed by atoms with Gasteiger partial charge < -0.3 is 9.84 Å². The van der Waals surface area contributed by atoms with Gasteiger partial charge in [0.05, 0.1) is 29.8 Å². The van der Waals surface area contributed by atoms with Crippen molar-refractivity contribution in [3.05, 3.63) is 33.3 Å². The molecule has 10 heteroatoms. The van der Waals surface area contributed by atoms with Crippen molar-refractivity contribution in [1.29, 1.82) is 0 Å². The van der Waals surface area contributed by atoms with Gasteiger partial charge in [-0.25, -0.2) is 13.1 Å². The lowest BCUT2D eigenvalue weighted by Gasteiger charge is -2.08. The molecule has 0 aliphatic heterocycles. The Morgan fingerprint density at radius 3 is 2.65 bits per heavy atom. The summed E-state index contributed by atoms with van der Waals surface area (Å²) in [6, 6.07) is 3.10. The number of hydrogen-bond acceptors (Lipinski definition) is 6. The van der Waals surface area contributed by atoms with Crippen molar-refractivity contribution in [2.45, 2.75) is 4.90 Å². The van der Waals surface area contributed by atoms with Crippen LogP contribution in [-0.2, 0) is 14.8 Å². The third kappa shape index (κ3) is 4.69. The van der Waals surface area contributed by atoms with E-state index < -0.39 is 14.9 Å². The molecule has 0 aliphatic rings. The summed E-state index contributed by atoms with van der Waals surface area (Å²) < 4.78 is 30.9. The summed E-state index contributed by atoms with van der Waals surface area (Å²) >= 11 is 5.73. The molecule has 0 saturated carbocycles. The van der Waals surface area contributed by atoms with Gasteiger partial charge in [0.25, 0.3) is 5.69 Å². The average Bonchev–Trinajstić information content (AvgIpc) is 2.37. The minimum atomic E-state index is -3.87. The largest absolute Gasteiger partial charge is 0.394 e.